The molecule has 0 aliphatic heterocycles. The van der Waals surface area contributed by atoms with Gasteiger partial charge in [0.05, 0.1) is 0 Å². The quantitative estimate of drug-likeness (QED) is 0.866. The van der Waals surface area contributed by atoms with Gasteiger partial charge >= 0.3 is 0 Å². The summed E-state index contributed by atoms with van der Waals surface area (Å²) in [5, 5.41) is 13.6. The number of sulfonamides is 1. The molecule has 0 amide bonds. The van der Waals surface area contributed by atoms with Gasteiger partial charge in [-0.3, -0.25) is 0 Å². The van der Waals surface area contributed by atoms with E-state index in [0.717, 1.165) is 11.6 Å². The van der Waals surface area contributed by atoms with E-state index in [4.69, 9.17) is 14.8 Å². The van der Waals surface area contributed by atoms with Crippen LogP contribution < -0.4 is 5.14 Å². The number of nitriles is 1. The summed E-state index contributed by atoms with van der Waals surface area (Å²) in [6.07, 6.45) is 1.10. The molecular weight excluding hydrogens is 264 g/mol. The highest BCUT2D eigenvalue weighted by Crippen LogP contribution is 2.23. The number of primary sulfonamides is 1. The van der Waals surface area contributed by atoms with Crippen molar-refractivity contribution in [1.29, 1.82) is 5.26 Å². The molecule has 0 atom stereocenters. The van der Waals surface area contributed by atoms with E-state index in [1.54, 1.807) is 12.1 Å². The molecule has 19 heavy (non-hydrogen) atoms. The monoisotopic (exact) mass is 274 g/mol. The molecule has 1 heterocycles. The van der Waals surface area contributed by atoms with Crippen LogP contribution in [0.25, 0.3) is 17.4 Å². The van der Waals surface area contributed by atoms with Crippen LogP contribution in [0.15, 0.2) is 51.8 Å². The average Bonchev–Trinajstić information content (AvgIpc) is 2.84. The fourth-order valence-electron chi connectivity index (χ4n) is 1.50. The number of benzene rings is 1. The number of furan rings is 1. The van der Waals surface area contributed by atoms with Crippen molar-refractivity contribution in [2.45, 2.75) is 0 Å². The minimum Gasteiger partial charge on any atom is -0.457 e. The molecule has 0 saturated carbocycles. The molecule has 0 bridgehead atoms. The molecule has 0 aliphatic carbocycles. The maximum absolute atomic E-state index is 11.1. The van der Waals surface area contributed by atoms with Gasteiger partial charge in [0.15, 0.2) is 4.91 Å². The molecule has 2 aromatic rings. The van der Waals surface area contributed by atoms with E-state index in [0.29, 0.717) is 5.76 Å². The Hall–Kier alpha value is -2.36. The lowest BCUT2D eigenvalue weighted by molar-refractivity contribution is 0.571. The second-order valence-electron chi connectivity index (χ2n) is 3.73. The van der Waals surface area contributed by atoms with Gasteiger partial charge in [-0.1, -0.05) is 30.3 Å². The van der Waals surface area contributed by atoms with Crippen LogP contribution in [0.2, 0.25) is 0 Å². The van der Waals surface area contributed by atoms with Crippen molar-refractivity contribution >= 4 is 16.1 Å². The first-order chi connectivity index (χ1) is 9.00. The van der Waals surface area contributed by atoms with Crippen LogP contribution in [0, 0.1) is 11.3 Å². The smallest absolute Gasteiger partial charge is 0.248 e. The topological polar surface area (TPSA) is 97.1 Å². The number of nitrogens with two attached hydrogens (primary N) is 1. The standard InChI is InChI=1S/C13H10N2O3S/c14-9-12(19(15,16)17)8-11-6-7-13(18-11)10-4-2-1-3-5-10/h1-8H,(H2,15,16,17)/b12-8+. The zero-order valence-corrected chi connectivity index (χ0v) is 10.6. The van der Waals surface area contributed by atoms with E-state index in [1.807, 2.05) is 30.3 Å². The Kier molecular flexibility index (Phi) is 3.51. The van der Waals surface area contributed by atoms with Gasteiger partial charge in [0, 0.05) is 11.6 Å². The van der Waals surface area contributed by atoms with Crippen molar-refractivity contribution in [1.82, 2.24) is 0 Å². The lowest BCUT2D eigenvalue weighted by Gasteiger charge is -1.95. The van der Waals surface area contributed by atoms with Crippen LogP contribution >= 0.6 is 0 Å². The van der Waals surface area contributed by atoms with Crippen molar-refractivity contribution in [2.24, 2.45) is 5.14 Å². The molecule has 2 N–H and O–H groups in total. The number of rotatable bonds is 3. The third-order valence-electron chi connectivity index (χ3n) is 2.38. The first kappa shape index (κ1) is 13.1. The fourth-order valence-corrected chi connectivity index (χ4v) is 1.90. The number of hydrogen-bond acceptors (Lipinski definition) is 4. The maximum atomic E-state index is 11.1. The zero-order chi connectivity index (χ0) is 13.9. The largest absolute Gasteiger partial charge is 0.457 e. The second kappa shape index (κ2) is 5.10. The average molecular weight is 274 g/mol. The van der Waals surface area contributed by atoms with Gasteiger partial charge in [0.2, 0.25) is 10.0 Å². The Morgan fingerprint density at radius 2 is 1.89 bits per heavy atom. The van der Waals surface area contributed by atoms with Crippen LogP contribution in [-0.2, 0) is 10.0 Å². The minimum atomic E-state index is -4.03. The molecule has 1 aromatic carbocycles. The van der Waals surface area contributed by atoms with Crippen LogP contribution in [0.5, 0.6) is 0 Å². The molecule has 0 radical (unpaired) electrons. The SMILES string of the molecule is N#C/C(=C\c1ccc(-c2ccccc2)o1)S(N)(=O)=O. The van der Waals surface area contributed by atoms with Crippen LogP contribution in [0.3, 0.4) is 0 Å². The predicted molar refractivity (Wildman–Crippen MR) is 70.8 cm³/mol. The first-order valence-corrected chi connectivity index (χ1v) is 6.85. The van der Waals surface area contributed by atoms with Gasteiger partial charge in [-0.25, -0.2) is 13.6 Å². The fraction of sp³-hybridized carbons (Fsp3) is 0. The van der Waals surface area contributed by atoms with Gasteiger partial charge in [-0.05, 0) is 12.1 Å². The molecule has 5 nitrogen and oxygen atoms in total. The van der Waals surface area contributed by atoms with Gasteiger partial charge in [0.1, 0.15) is 17.6 Å². The maximum Gasteiger partial charge on any atom is 0.248 e. The zero-order valence-electron chi connectivity index (χ0n) is 9.78. The van der Waals surface area contributed by atoms with Gasteiger partial charge in [-0.15, -0.1) is 0 Å². The second-order valence-corrected chi connectivity index (χ2v) is 5.26. The molecule has 0 fully saturated rings. The third kappa shape index (κ3) is 3.10. The highest BCUT2D eigenvalue weighted by Gasteiger charge is 2.12. The van der Waals surface area contributed by atoms with Crippen LogP contribution in [0.4, 0.5) is 0 Å². The molecular formula is C13H10N2O3S. The molecule has 0 unspecified atom stereocenters. The Bertz CT molecular complexity index is 753. The number of nitrogens with zero attached hydrogens (tertiary/aromatic N) is 1. The van der Waals surface area contributed by atoms with Crippen LogP contribution in [-0.4, -0.2) is 8.42 Å². The molecule has 0 aliphatic rings. The lowest BCUT2D eigenvalue weighted by Crippen LogP contribution is -2.13. The van der Waals surface area contributed by atoms with Crippen molar-refractivity contribution in [3.05, 3.63) is 53.1 Å². The number of allylic oxidation sites excluding steroid dienone is 1. The van der Waals surface area contributed by atoms with E-state index in [9.17, 15) is 8.42 Å². The summed E-state index contributed by atoms with van der Waals surface area (Å²) >= 11 is 0. The number of hydrogen-bond donors (Lipinski definition) is 1. The molecule has 0 saturated heterocycles. The van der Waals surface area contributed by atoms with E-state index in [1.165, 1.54) is 6.07 Å². The summed E-state index contributed by atoms with van der Waals surface area (Å²) in [4.78, 5) is -0.540. The summed E-state index contributed by atoms with van der Waals surface area (Å²) in [6, 6.07) is 14.1. The molecule has 1 aromatic heterocycles. The molecule has 2 rings (SSSR count). The van der Waals surface area contributed by atoms with E-state index in [-0.39, 0.29) is 5.76 Å². The Balaban J connectivity index is 2.38. The Morgan fingerprint density at radius 1 is 1.21 bits per heavy atom. The van der Waals surface area contributed by atoms with E-state index in [2.05, 4.69) is 0 Å². The lowest BCUT2D eigenvalue weighted by atomic mass is 10.2. The van der Waals surface area contributed by atoms with Gasteiger partial charge in [-0.2, -0.15) is 5.26 Å². The normalized spacial score (nSPS) is 12.1. The van der Waals surface area contributed by atoms with Crippen LogP contribution in [0.1, 0.15) is 5.76 Å². The Labute approximate surface area is 110 Å². The van der Waals surface area contributed by atoms with E-state index < -0.39 is 14.9 Å². The highest BCUT2D eigenvalue weighted by molar-refractivity contribution is 7.93. The summed E-state index contributed by atoms with van der Waals surface area (Å²) in [5.74, 6) is 0.836. The third-order valence-corrected chi connectivity index (χ3v) is 3.20. The predicted octanol–water partition coefficient (Wildman–Crippen LogP) is 2.10. The Morgan fingerprint density at radius 3 is 2.47 bits per heavy atom. The molecule has 96 valence electrons. The summed E-state index contributed by atoms with van der Waals surface area (Å²) in [7, 11) is -4.03. The van der Waals surface area contributed by atoms with Gasteiger partial charge < -0.3 is 4.42 Å². The van der Waals surface area contributed by atoms with Crippen molar-refractivity contribution in [2.75, 3.05) is 0 Å². The van der Waals surface area contributed by atoms with Crippen molar-refractivity contribution in [3.8, 4) is 17.4 Å². The molecule has 6 heteroatoms. The van der Waals surface area contributed by atoms with Crippen molar-refractivity contribution in [3.63, 3.8) is 0 Å². The summed E-state index contributed by atoms with van der Waals surface area (Å²) < 4.78 is 27.6. The molecule has 0 spiro atoms. The van der Waals surface area contributed by atoms with Crippen molar-refractivity contribution < 1.29 is 12.8 Å². The van der Waals surface area contributed by atoms with E-state index >= 15 is 0 Å². The first-order valence-electron chi connectivity index (χ1n) is 5.30. The summed E-state index contributed by atoms with van der Waals surface area (Å²) in [6.45, 7) is 0. The van der Waals surface area contributed by atoms with Gasteiger partial charge in [0.25, 0.3) is 0 Å². The highest BCUT2D eigenvalue weighted by atomic mass is 32.2. The summed E-state index contributed by atoms with van der Waals surface area (Å²) in [5.41, 5.74) is 0.858. The minimum absolute atomic E-state index is 0.254.